The Bertz CT molecular complexity index is 256. The van der Waals surface area contributed by atoms with E-state index in [2.05, 4.69) is 20.8 Å². The van der Waals surface area contributed by atoms with Gasteiger partial charge in [0.2, 0.25) is 0 Å². The van der Waals surface area contributed by atoms with Gasteiger partial charge in [0.1, 0.15) is 0 Å². The van der Waals surface area contributed by atoms with Crippen molar-refractivity contribution in [2.24, 2.45) is 0 Å². The maximum absolute atomic E-state index is 11.8. The molecule has 0 radical (unpaired) electrons. The molecule has 0 heterocycles. The summed E-state index contributed by atoms with van der Waals surface area (Å²) in [6, 6.07) is 1.47. The van der Waals surface area contributed by atoms with E-state index in [-0.39, 0.29) is 15.5 Å². The average Bonchev–Trinajstić information content (AvgIpc) is 2.55. The van der Waals surface area contributed by atoms with Crippen LogP contribution in [0.5, 0.6) is 0 Å². The molecule has 0 aliphatic carbocycles. The zero-order valence-corrected chi connectivity index (χ0v) is 17.6. The topological polar surface area (TPSA) is 26.3 Å². The van der Waals surface area contributed by atoms with E-state index in [1.54, 1.807) is 0 Å². The number of carbonyl (C=O) groups is 1. The highest BCUT2D eigenvalue weighted by atomic mass is 28.2. The molecule has 0 fully saturated rings. The van der Waals surface area contributed by atoms with Crippen molar-refractivity contribution in [3.8, 4) is 0 Å². The Morgan fingerprint density at radius 3 is 2.13 bits per heavy atom. The van der Waals surface area contributed by atoms with Gasteiger partial charge in [-0.25, -0.2) is 0 Å². The van der Waals surface area contributed by atoms with Gasteiger partial charge in [0, 0.05) is 15.9 Å². The van der Waals surface area contributed by atoms with Crippen molar-refractivity contribution in [1.29, 1.82) is 0 Å². The van der Waals surface area contributed by atoms with Gasteiger partial charge in [-0.3, -0.25) is 4.79 Å². The Morgan fingerprint density at radius 1 is 0.826 bits per heavy atom. The van der Waals surface area contributed by atoms with Crippen LogP contribution in [-0.4, -0.2) is 22.1 Å². The second kappa shape index (κ2) is 18.0. The number of hydrogen-bond acceptors (Lipinski definition) is 2. The SMILES string of the molecule is CCCCCCOC(=O)CCCC(CCCCCC)[SiH2]CCC. The first kappa shape index (κ1) is 22.7. The molecule has 0 aromatic rings. The van der Waals surface area contributed by atoms with Crippen molar-refractivity contribution < 1.29 is 9.53 Å². The largest absolute Gasteiger partial charge is 0.466 e. The maximum atomic E-state index is 11.8. The smallest absolute Gasteiger partial charge is 0.305 e. The van der Waals surface area contributed by atoms with E-state index in [0.29, 0.717) is 13.0 Å². The molecular weight excluding hydrogens is 300 g/mol. The van der Waals surface area contributed by atoms with E-state index in [9.17, 15) is 4.79 Å². The fraction of sp³-hybridized carbons (Fsp3) is 0.950. The molecule has 1 atom stereocenters. The Labute approximate surface area is 148 Å². The minimum Gasteiger partial charge on any atom is -0.466 e. The predicted octanol–water partition coefficient (Wildman–Crippen LogP) is 6.04. The fourth-order valence-corrected chi connectivity index (χ4v) is 5.25. The van der Waals surface area contributed by atoms with E-state index in [0.717, 1.165) is 18.4 Å². The molecule has 0 aliphatic rings. The molecule has 0 amide bonds. The van der Waals surface area contributed by atoms with Gasteiger partial charge in [-0.2, -0.15) is 0 Å². The van der Waals surface area contributed by atoms with E-state index >= 15 is 0 Å². The van der Waals surface area contributed by atoms with Gasteiger partial charge in [0.05, 0.1) is 6.61 Å². The Hall–Kier alpha value is -0.313. The molecule has 3 heteroatoms. The number of unbranched alkanes of at least 4 members (excludes halogenated alkanes) is 6. The zero-order chi connectivity index (χ0) is 17.2. The average molecular weight is 343 g/mol. The van der Waals surface area contributed by atoms with Crippen LogP contribution in [0.15, 0.2) is 0 Å². The maximum Gasteiger partial charge on any atom is 0.305 e. The van der Waals surface area contributed by atoms with Crippen molar-refractivity contribution in [1.82, 2.24) is 0 Å². The third-order valence-electron chi connectivity index (χ3n) is 4.69. The summed E-state index contributed by atoms with van der Waals surface area (Å²) in [5.41, 5.74) is 0.962. The van der Waals surface area contributed by atoms with Crippen LogP contribution in [-0.2, 0) is 9.53 Å². The van der Waals surface area contributed by atoms with Crippen LogP contribution in [0, 0.1) is 0 Å². The molecule has 0 aromatic carbocycles. The first-order valence-corrected chi connectivity index (χ1v) is 12.2. The third-order valence-corrected chi connectivity index (χ3v) is 7.43. The van der Waals surface area contributed by atoms with Gasteiger partial charge in [-0.1, -0.05) is 96.6 Å². The molecule has 0 aliphatic heterocycles. The predicted molar refractivity (Wildman–Crippen MR) is 105 cm³/mol. The van der Waals surface area contributed by atoms with E-state index in [1.807, 2.05) is 0 Å². The van der Waals surface area contributed by atoms with Gasteiger partial charge >= 0.3 is 5.97 Å². The summed E-state index contributed by atoms with van der Waals surface area (Å²) in [6.45, 7) is 7.41. The number of hydrogen-bond donors (Lipinski definition) is 0. The lowest BCUT2D eigenvalue weighted by Gasteiger charge is -2.16. The molecule has 23 heavy (non-hydrogen) atoms. The molecule has 0 aromatic heterocycles. The molecule has 138 valence electrons. The summed E-state index contributed by atoms with van der Waals surface area (Å²) >= 11 is 0. The monoisotopic (exact) mass is 342 g/mol. The molecule has 0 saturated carbocycles. The highest BCUT2D eigenvalue weighted by Gasteiger charge is 2.10. The minimum atomic E-state index is 0.0309. The Kier molecular flexibility index (Phi) is 17.8. The van der Waals surface area contributed by atoms with Crippen LogP contribution in [0.2, 0.25) is 11.6 Å². The number of rotatable bonds is 17. The van der Waals surface area contributed by atoms with Crippen LogP contribution in [0.3, 0.4) is 0 Å². The van der Waals surface area contributed by atoms with Crippen molar-refractivity contribution in [3.05, 3.63) is 0 Å². The molecule has 0 saturated heterocycles. The highest BCUT2D eigenvalue weighted by Crippen LogP contribution is 2.23. The lowest BCUT2D eigenvalue weighted by Crippen LogP contribution is -2.08. The molecule has 1 unspecified atom stereocenters. The van der Waals surface area contributed by atoms with Gasteiger partial charge in [0.25, 0.3) is 0 Å². The van der Waals surface area contributed by atoms with E-state index in [4.69, 9.17) is 4.74 Å². The second-order valence-electron chi connectivity index (χ2n) is 7.03. The summed E-state index contributed by atoms with van der Waals surface area (Å²) in [7, 11) is 0.0684. The van der Waals surface area contributed by atoms with Crippen LogP contribution in [0.4, 0.5) is 0 Å². The molecule has 0 rings (SSSR count). The lowest BCUT2D eigenvalue weighted by atomic mass is 10.1. The zero-order valence-electron chi connectivity index (χ0n) is 16.2. The van der Waals surface area contributed by atoms with Crippen LogP contribution in [0.1, 0.15) is 104 Å². The van der Waals surface area contributed by atoms with Crippen molar-refractivity contribution >= 4 is 15.5 Å². The Morgan fingerprint density at radius 2 is 1.48 bits per heavy atom. The summed E-state index contributed by atoms with van der Waals surface area (Å²) in [5, 5.41) is 0. The van der Waals surface area contributed by atoms with E-state index < -0.39 is 0 Å². The molecule has 2 nitrogen and oxygen atoms in total. The number of esters is 1. The fourth-order valence-electron chi connectivity index (χ4n) is 3.11. The summed E-state index contributed by atoms with van der Waals surface area (Å²) < 4.78 is 5.34. The minimum absolute atomic E-state index is 0.0309. The van der Waals surface area contributed by atoms with Gasteiger partial charge in [0.15, 0.2) is 0 Å². The van der Waals surface area contributed by atoms with Crippen molar-refractivity contribution in [2.45, 2.75) is 116 Å². The van der Waals surface area contributed by atoms with E-state index in [1.165, 1.54) is 70.3 Å². The van der Waals surface area contributed by atoms with Crippen LogP contribution >= 0.6 is 0 Å². The van der Waals surface area contributed by atoms with Gasteiger partial charge < -0.3 is 4.74 Å². The second-order valence-corrected chi connectivity index (χ2v) is 9.47. The number of carbonyl (C=O) groups excluding carboxylic acids is 1. The van der Waals surface area contributed by atoms with Crippen LogP contribution < -0.4 is 0 Å². The first-order valence-electron chi connectivity index (χ1n) is 10.4. The standard InChI is InChI=1S/C20H42O2Si/c1-4-7-9-11-14-19(23-18-6-3)15-13-16-20(21)22-17-12-10-8-5-2/h19H,4-18,23H2,1-3H3. The molecule has 0 bridgehead atoms. The quantitative estimate of drug-likeness (QED) is 0.183. The normalized spacial score (nSPS) is 12.8. The van der Waals surface area contributed by atoms with Gasteiger partial charge in [-0.05, 0) is 12.8 Å². The molecule has 0 N–H and O–H groups in total. The Balaban J connectivity index is 3.71. The van der Waals surface area contributed by atoms with Crippen molar-refractivity contribution in [2.75, 3.05) is 6.61 Å². The highest BCUT2D eigenvalue weighted by molar-refractivity contribution is 6.37. The molecular formula is C20H42O2Si. The number of ether oxygens (including phenoxy) is 1. The third kappa shape index (κ3) is 16.3. The van der Waals surface area contributed by atoms with Gasteiger partial charge in [-0.15, -0.1) is 0 Å². The lowest BCUT2D eigenvalue weighted by molar-refractivity contribution is -0.143. The van der Waals surface area contributed by atoms with Crippen molar-refractivity contribution in [3.63, 3.8) is 0 Å². The summed E-state index contributed by atoms with van der Waals surface area (Å²) in [4.78, 5) is 11.8. The first-order chi connectivity index (χ1) is 11.2. The summed E-state index contributed by atoms with van der Waals surface area (Å²) in [5.74, 6) is 0.0309. The molecule has 0 spiro atoms. The summed E-state index contributed by atoms with van der Waals surface area (Å²) in [6.07, 6.45) is 15.9. The van der Waals surface area contributed by atoms with Crippen LogP contribution in [0.25, 0.3) is 0 Å².